The monoisotopic (exact) mass is 257 g/mol. The van der Waals surface area contributed by atoms with Gasteiger partial charge in [0.15, 0.2) is 0 Å². The van der Waals surface area contributed by atoms with E-state index in [0.717, 1.165) is 11.3 Å². The SMILES string of the molecule is CSCCC(=O)N(C)Cc1cccc(Cl)c1. The first-order chi connectivity index (χ1) is 7.63. The van der Waals surface area contributed by atoms with Gasteiger partial charge in [-0.1, -0.05) is 23.7 Å². The van der Waals surface area contributed by atoms with Gasteiger partial charge in [0.05, 0.1) is 0 Å². The average Bonchev–Trinajstić information content (AvgIpc) is 2.25. The Kier molecular flexibility index (Phi) is 5.71. The Labute approximate surface area is 106 Å². The van der Waals surface area contributed by atoms with Crippen LogP contribution >= 0.6 is 23.4 Å². The van der Waals surface area contributed by atoms with E-state index in [2.05, 4.69) is 0 Å². The molecule has 1 amide bonds. The molecule has 16 heavy (non-hydrogen) atoms. The number of rotatable bonds is 5. The van der Waals surface area contributed by atoms with Crippen LogP contribution in [0.1, 0.15) is 12.0 Å². The van der Waals surface area contributed by atoms with Crippen molar-refractivity contribution >= 4 is 29.3 Å². The summed E-state index contributed by atoms with van der Waals surface area (Å²) in [7, 11) is 1.82. The highest BCUT2D eigenvalue weighted by molar-refractivity contribution is 7.98. The zero-order valence-corrected chi connectivity index (χ0v) is 11.1. The molecule has 1 aromatic rings. The predicted molar refractivity (Wildman–Crippen MR) is 70.9 cm³/mol. The van der Waals surface area contributed by atoms with Crippen LogP contribution in [0.5, 0.6) is 0 Å². The molecule has 2 nitrogen and oxygen atoms in total. The van der Waals surface area contributed by atoms with Crippen LogP contribution < -0.4 is 0 Å². The highest BCUT2D eigenvalue weighted by atomic mass is 35.5. The summed E-state index contributed by atoms with van der Waals surface area (Å²) in [6.07, 6.45) is 2.60. The summed E-state index contributed by atoms with van der Waals surface area (Å²) in [5.41, 5.74) is 1.06. The summed E-state index contributed by atoms with van der Waals surface area (Å²) in [6.45, 7) is 0.619. The molecule has 1 rings (SSSR count). The Bertz CT molecular complexity index is 357. The van der Waals surface area contributed by atoms with Crippen molar-refractivity contribution in [1.29, 1.82) is 0 Å². The van der Waals surface area contributed by atoms with Gasteiger partial charge < -0.3 is 4.90 Å². The molecule has 0 unspecified atom stereocenters. The lowest BCUT2D eigenvalue weighted by molar-refractivity contribution is -0.129. The van der Waals surface area contributed by atoms with Crippen LogP contribution in [-0.4, -0.2) is 29.9 Å². The lowest BCUT2D eigenvalue weighted by Gasteiger charge is -2.17. The second-order valence-electron chi connectivity index (χ2n) is 3.62. The van der Waals surface area contributed by atoms with Crippen molar-refractivity contribution in [3.05, 3.63) is 34.9 Å². The van der Waals surface area contributed by atoms with E-state index in [-0.39, 0.29) is 5.91 Å². The molecule has 0 fully saturated rings. The van der Waals surface area contributed by atoms with E-state index in [1.165, 1.54) is 0 Å². The fourth-order valence-electron chi connectivity index (χ4n) is 1.38. The van der Waals surface area contributed by atoms with Gasteiger partial charge in [-0.2, -0.15) is 11.8 Å². The Balaban J connectivity index is 2.50. The van der Waals surface area contributed by atoms with Crippen molar-refractivity contribution in [3.63, 3.8) is 0 Å². The normalized spacial score (nSPS) is 10.2. The maximum Gasteiger partial charge on any atom is 0.223 e. The van der Waals surface area contributed by atoms with Gasteiger partial charge in [0, 0.05) is 30.8 Å². The van der Waals surface area contributed by atoms with Gasteiger partial charge in [0.25, 0.3) is 0 Å². The predicted octanol–water partition coefficient (Wildman–Crippen LogP) is 3.05. The molecule has 1 aromatic carbocycles. The topological polar surface area (TPSA) is 20.3 Å². The number of nitrogens with zero attached hydrogens (tertiary/aromatic N) is 1. The number of carbonyl (C=O) groups is 1. The average molecular weight is 258 g/mol. The number of hydrogen-bond donors (Lipinski definition) is 0. The van der Waals surface area contributed by atoms with Crippen LogP contribution in [-0.2, 0) is 11.3 Å². The second kappa shape index (κ2) is 6.81. The van der Waals surface area contributed by atoms with Crippen molar-refractivity contribution in [2.75, 3.05) is 19.1 Å². The fourth-order valence-corrected chi connectivity index (χ4v) is 1.97. The van der Waals surface area contributed by atoms with Gasteiger partial charge in [-0.15, -0.1) is 0 Å². The van der Waals surface area contributed by atoms with Crippen molar-refractivity contribution in [1.82, 2.24) is 4.90 Å². The van der Waals surface area contributed by atoms with E-state index in [1.807, 2.05) is 37.6 Å². The molecule has 0 aromatic heterocycles. The van der Waals surface area contributed by atoms with Crippen LogP contribution in [0.25, 0.3) is 0 Å². The van der Waals surface area contributed by atoms with Crippen LogP contribution in [0.4, 0.5) is 0 Å². The number of amides is 1. The minimum Gasteiger partial charge on any atom is -0.341 e. The molecule has 0 aliphatic carbocycles. The van der Waals surface area contributed by atoms with E-state index < -0.39 is 0 Å². The minimum atomic E-state index is 0.175. The Morgan fingerprint density at radius 1 is 1.50 bits per heavy atom. The maximum absolute atomic E-state index is 11.7. The number of hydrogen-bond acceptors (Lipinski definition) is 2. The van der Waals surface area contributed by atoms with Crippen LogP contribution in [0.3, 0.4) is 0 Å². The zero-order valence-electron chi connectivity index (χ0n) is 9.57. The molecule has 0 atom stereocenters. The summed E-state index contributed by atoms with van der Waals surface area (Å²) < 4.78 is 0. The largest absolute Gasteiger partial charge is 0.341 e. The van der Waals surface area contributed by atoms with Crippen molar-refractivity contribution in [2.45, 2.75) is 13.0 Å². The molecular formula is C12H16ClNOS. The van der Waals surface area contributed by atoms with Gasteiger partial charge in [-0.25, -0.2) is 0 Å². The summed E-state index contributed by atoms with van der Waals surface area (Å²) >= 11 is 7.57. The molecule has 0 aliphatic heterocycles. The zero-order chi connectivity index (χ0) is 12.0. The smallest absolute Gasteiger partial charge is 0.223 e. The molecule has 4 heteroatoms. The standard InChI is InChI=1S/C12H16ClNOS/c1-14(12(15)6-7-16-2)9-10-4-3-5-11(13)8-10/h3-5,8H,6-7,9H2,1-2H3. The summed E-state index contributed by atoms with van der Waals surface area (Å²) in [6, 6.07) is 7.60. The molecule has 0 heterocycles. The Hall–Kier alpha value is -0.670. The third kappa shape index (κ3) is 4.45. The van der Waals surface area contributed by atoms with Crippen molar-refractivity contribution in [3.8, 4) is 0 Å². The molecule has 0 spiro atoms. The molecular weight excluding hydrogens is 242 g/mol. The molecule has 0 radical (unpaired) electrons. The first-order valence-electron chi connectivity index (χ1n) is 5.11. The maximum atomic E-state index is 11.7. The molecule has 0 bridgehead atoms. The van der Waals surface area contributed by atoms with Gasteiger partial charge in [-0.05, 0) is 24.0 Å². The first kappa shape index (κ1) is 13.4. The number of thioether (sulfide) groups is 1. The third-order valence-electron chi connectivity index (χ3n) is 2.25. The molecule has 0 N–H and O–H groups in total. The second-order valence-corrected chi connectivity index (χ2v) is 5.04. The molecule has 0 saturated carbocycles. The summed E-state index contributed by atoms with van der Waals surface area (Å²) in [5, 5.41) is 0.711. The van der Waals surface area contributed by atoms with E-state index in [1.54, 1.807) is 16.7 Å². The molecule has 0 saturated heterocycles. The highest BCUT2D eigenvalue weighted by Crippen LogP contribution is 2.12. The van der Waals surface area contributed by atoms with Crippen LogP contribution in [0, 0.1) is 0 Å². The molecule has 88 valence electrons. The highest BCUT2D eigenvalue weighted by Gasteiger charge is 2.08. The van der Waals surface area contributed by atoms with Gasteiger partial charge in [0.2, 0.25) is 5.91 Å². The van der Waals surface area contributed by atoms with E-state index in [4.69, 9.17) is 11.6 Å². The van der Waals surface area contributed by atoms with Crippen molar-refractivity contribution in [2.24, 2.45) is 0 Å². The Morgan fingerprint density at radius 2 is 2.25 bits per heavy atom. The third-order valence-corrected chi connectivity index (χ3v) is 3.10. The van der Waals surface area contributed by atoms with Gasteiger partial charge in [0.1, 0.15) is 0 Å². The quantitative estimate of drug-likeness (QED) is 0.808. The lowest BCUT2D eigenvalue weighted by atomic mass is 10.2. The number of benzene rings is 1. The van der Waals surface area contributed by atoms with Gasteiger partial charge in [-0.3, -0.25) is 4.79 Å². The first-order valence-corrected chi connectivity index (χ1v) is 6.88. The number of carbonyl (C=O) groups excluding carboxylic acids is 1. The minimum absolute atomic E-state index is 0.175. The van der Waals surface area contributed by atoms with Crippen LogP contribution in [0.2, 0.25) is 5.02 Å². The molecule has 0 aliphatic rings. The fraction of sp³-hybridized carbons (Fsp3) is 0.417. The Morgan fingerprint density at radius 3 is 2.88 bits per heavy atom. The summed E-state index contributed by atoms with van der Waals surface area (Å²) in [4.78, 5) is 13.4. The lowest BCUT2D eigenvalue weighted by Crippen LogP contribution is -2.26. The summed E-state index contributed by atoms with van der Waals surface area (Å²) in [5.74, 6) is 1.05. The van der Waals surface area contributed by atoms with Crippen LogP contribution in [0.15, 0.2) is 24.3 Å². The van der Waals surface area contributed by atoms with E-state index in [9.17, 15) is 4.79 Å². The number of halogens is 1. The van der Waals surface area contributed by atoms with Gasteiger partial charge >= 0.3 is 0 Å². The van der Waals surface area contributed by atoms with Crippen molar-refractivity contribution < 1.29 is 4.79 Å². The van der Waals surface area contributed by atoms with E-state index in [0.29, 0.717) is 18.0 Å². The van der Waals surface area contributed by atoms with E-state index >= 15 is 0 Å².